The van der Waals surface area contributed by atoms with E-state index in [1.54, 1.807) is 0 Å². The molecule has 1 N–H and O–H groups in total. The molecular formula is C14H19N3. The third-order valence-corrected chi connectivity index (χ3v) is 2.83. The molecule has 3 nitrogen and oxygen atoms in total. The first-order valence-corrected chi connectivity index (χ1v) is 6.09. The number of aromatic nitrogens is 2. The number of benzene rings is 1. The summed E-state index contributed by atoms with van der Waals surface area (Å²) in [6.07, 6.45) is 3.00. The molecule has 1 aromatic heterocycles. The lowest BCUT2D eigenvalue weighted by atomic mass is 10.1. The van der Waals surface area contributed by atoms with Crippen LogP contribution in [0.15, 0.2) is 36.5 Å². The maximum Gasteiger partial charge on any atom is 0.0678 e. The first-order valence-electron chi connectivity index (χ1n) is 6.09. The quantitative estimate of drug-likeness (QED) is 0.799. The summed E-state index contributed by atoms with van der Waals surface area (Å²) in [5, 5.41) is 7.58. The Balaban J connectivity index is 2.06. The van der Waals surface area contributed by atoms with E-state index in [9.17, 15) is 0 Å². The van der Waals surface area contributed by atoms with Gasteiger partial charge in [-0.3, -0.25) is 4.68 Å². The molecule has 0 fully saturated rings. The maximum absolute atomic E-state index is 4.18. The summed E-state index contributed by atoms with van der Waals surface area (Å²) in [6.45, 7) is 4.20. The monoisotopic (exact) mass is 229 g/mol. The van der Waals surface area contributed by atoms with Crippen LogP contribution in [0.25, 0.3) is 11.3 Å². The van der Waals surface area contributed by atoms with Gasteiger partial charge in [0.05, 0.1) is 5.69 Å². The van der Waals surface area contributed by atoms with Crippen molar-refractivity contribution in [1.82, 2.24) is 15.1 Å². The smallest absolute Gasteiger partial charge is 0.0678 e. The molecule has 0 saturated heterocycles. The average Bonchev–Trinajstić information content (AvgIpc) is 2.77. The van der Waals surface area contributed by atoms with Gasteiger partial charge in [-0.1, -0.05) is 31.2 Å². The number of hydrogen-bond donors (Lipinski definition) is 1. The normalized spacial score (nSPS) is 10.7. The van der Waals surface area contributed by atoms with Crippen LogP contribution in [0.2, 0.25) is 0 Å². The Morgan fingerprint density at radius 1 is 1.18 bits per heavy atom. The topological polar surface area (TPSA) is 29.9 Å². The third-order valence-electron chi connectivity index (χ3n) is 2.83. The van der Waals surface area contributed by atoms with Crippen molar-refractivity contribution in [3.8, 4) is 11.3 Å². The predicted octanol–water partition coefficient (Wildman–Crippen LogP) is 2.59. The van der Waals surface area contributed by atoms with Gasteiger partial charge in [0.2, 0.25) is 0 Å². The molecule has 0 bridgehead atoms. The zero-order chi connectivity index (χ0) is 12.1. The molecule has 0 aliphatic rings. The van der Waals surface area contributed by atoms with E-state index in [1.807, 2.05) is 24.0 Å². The Bertz CT molecular complexity index is 457. The lowest BCUT2D eigenvalue weighted by molar-refractivity contribution is 0.675. The highest BCUT2D eigenvalue weighted by Crippen LogP contribution is 2.18. The van der Waals surface area contributed by atoms with Gasteiger partial charge < -0.3 is 5.32 Å². The van der Waals surface area contributed by atoms with E-state index in [0.717, 1.165) is 18.8 Å². The van der Waals surface area contributed by atoms with E-state index in [2.05, 4.69) is 41.6 Å². The van der Waals surface area contributed by atoms with Crippen molar-refractivity contribution in [2.24, 2.45) is 7.05 Å². The van der Waals surface area contributed by atoms with Crippen molar-refractivity contribution in [3.05, 3.63) is 42.1 Å². The van der Waals surface area contributed by atoms with Gasteiger partial charge in [0.15, 0.2) is 0 Å². The van der Waals surface area contributed by atoms with Crippen LogP contribution in [0, 0.1) is 0 Å². The van der Waals surface area contributed by atoms with E-state index in [0.29, 0.717) is 0 Å². The van der Waals surface area contributed by atoms with Crippen LogP contribution in [0.4, 0.5) is 0 Å². The Morgan fingerprint density at radius 3 is 2.53 bits per heavy atom. The second-order valence-corrected chi connectivity index (χ2v) is 4.21. The minimum Gasteiger partial charge on any atom is -0.313 e. The first kappa shape index (κ1) is 11.9. The lowest BCUT2D eigenvalue weighted by Crippen LogP contribution is -2.13. The second kappa shape index (κ2) is 5.64. The minimum atomic E-state index is 0.944. The fourth-order valence-corrected chi connectivity index (χ4v) is 1.86. The summed E-state index contributed by atoms with van der Waals surface area (Å²) in [4.78, 5) is 0. The number of nitrogens with one attached hydrogen (secondary N) is 1. The number of rotatable bonds is 5. The van der Waals surface area contributed by atoms with Gasteiger partial charge in [0.1, 0.15) is 0 Å². The molecule has 0 radical (unpaired) electrons. The summed E-state index contributed by atoms with van der Waals surface area (Å²) >= 11 is 0. The van der Waals surface area contributed by atoms with Gasteiger partial charge in [-0.2, -0.15) is 5.10 Å². The Hall–Kier alpha value is -1.61. The number of hydrogen-bond acceptors (Lipinski definition) is 2. The molecular weight excluding hydrogens is 210 g/mol. The van der Waals surface area contributed by atoms with E-state index in [4.69, 9.17) is 0 Å². The molecule has 1 heterocycles. The van der Waals surface area contributed by atoms with E-state index >= 15 is 0 Å². The van der Waals surface area contributed by atoms with Gasteiger partial charge in [0.25, 0.3) is 0 Å². The van der Waals surface area contributed by atoms with Crippen molar-refractivity contribution >= 4 is 0 Å². The van der Waals surface area contributed by atoms with Crippen molar-refractivity contribution in [2.45, 2.75) is 19.9 Å². The second-order valence-electron chi connectivity index (χ2n) is 4.21. The van der Waals surface area contributed by atoms with Crippen LogP contribution >= 0.6 is 0 Å². The van der Waals surface area contributed by atoms with Crippen LogP contribution in [0.3, 0.4) is 0 Å². The van der Waals surface area contributed by atoms with Crippen molar-refractivity contribution in [3.63, 3.8) is 0 Å². The molecule has 0 amide bonds. The fraction of sp³-hybridized carbons (Fsp3) is 0.357. The molecule has 17 heavy (non-hydrogen) atoms. The summed E-state index contributed by atoms with van der Waals surface area (Å²) < 4.78 is 1.89. The average molecular weight is 229 g/mol. The van der Waals surface area contributed by atoms with Crippen LogP contribution in [-0.4, -0.2) is 16.3 Å². The third kappa shape index (κ3) is 2.94. The van der Waals surface area contributed by atoms with Crippen LogP contribution in [-0.2, 0) is 13.6 Å². The van der Waals surface area contributed by atoms with Crippen LogP contribution in [0.5, 0.6) is 0 Å². The molecule has 0 spiro atoms. The molecule has 0 unspecified atom stereocenters. The van der Waals surface area contributed by atoms with E-state index < -0.39 is 0 Å². The van der Waals surface area contributed by atoms with Crippen LogP contribution in [0.1, 0.15) is 18.9 Å². The first-order chi connectivity index (χ1) is 8.31. The van der Waals surface area contributed by atoms with Gasteiger partial charge in [-0.05, 0) is 30.2 Å². The fourth-order valence-electron chi connectivity index (χ4n) is 1.86. The molecule has 1 aromatic carbocycles. The lowest BCUT2D eigenvalue weighted by Gasteiger charge is -2.05. The molecule has 0 aliphatic carbocycles. The molecule has 0 atom stereocenters. The highest BCUT2D eigenvalue weighted by atomic mass is 15.2. The molecule has 3 heteroatoms. The van der Waals surface area contributed by atoms with E-state index in [-0.39, 0.29) is 0 Å². The summed E-state index contributed by atoms with van der Waals surface area (Å²) in [7, 11) is 1.96. The summed E-state index contributed by atoms with van der Waals surface area (Å²) in [6, 6.07) is 10.7. The Labute approximate surface area is 102 Å². The number of aryl methyl sites for hydroxylation is 1. The van der Waals surface area contributed by atoms with Crippen LogP contribution < -0.4 is 5.32 Å². The summed E-state index contributed by atoms with van der Waals surface area (Å²) in [5.41, 5.74) is 3.69. The Kier molecular flexibility index (Phi) is 3.94. The van der Waals surface area contributed by atoms with Gasteiger partial charge in [-0.25, -0.2) is 0 Å². The minimum absolute atomic E-state index is 0.944. The molecule has 2 rings (SSSR count). The van der Waals surface area contributed by atoms with Crippen molar-refractivity contribution in [1.29, 1.82) is 0 Å². The highest BCUT2D eigenvalue weighted by molar-refractivity contribution is 5.59. The highest BCUT2D eigenvalue weighted by Gasteiger charge is 2.01. The molecule has 0 saturated carbocycles. The molecule has 0 aliphatic heterocycles. The number of nitrogens with zero attached hydrogens (tertiary/aromatic N) is 2. The van der Waals surface area contributed by atoms with E-state index in [1.165, 1.54) is 17.5 Å². The van der Waals surface area contributed by atoms with Crippen molar-refractivity contribution in [2.75, 3.05) is 6.54 Å². The van der Waals surface area contributed by atoms with Gasteiger partial charge in [-0.15, -0.1) is 0 Å². The van der Waals surface area contributed by atoms with Gasteiger partial charge >= 0.3 is 0 Å². The van der Waals surface area contributed by atoms with Crippen molar-refractivity contribution < 1.29 is 0 Å². The zero-order valence-electron chi connectivity index (χ0n) is 10.5. The Morgan fingerprint density at radius 2 is 1.94 bits per heavy atom. The van der Waals surface area contributed by atoms with Gasteiger partial charge in [0, 0.05) is 19.8 Å². The SMILES string of the molecule is CCCNCc1ccc(-c2ccnn2C)cc1. The zero-order valence-corrected chi connectivity index (χ0v) is 10.5. The molecule has 2 aromatic rings. The predicted molar refractivity (Wildman–Crippen MR) is 70.6 cm³/mol. The summed E-state index contributed by atoms with van der Waals surface area (Å²) in [5.74, 6) is 0. The standard InChI is InChI=1S/C14H19N3/c1-3-9-15-11-12-4-6-13(7-5-12)14-8-10-16-17(14)2/h4-8,10,15H,3,9,11H2,1-2H3. The maximum atomic E-state index is 4.18. The largest absolute Gasteiger partial charge is 0.313 e. The molecule has 90 valence electrons.